The third-order valence-electron chi connectivity index (χ3n) is 5.54. The van der Waals surface area contributed by atoms with Crippen LogP contribution in [0.3, 0.4) is 0 Å². The van der Waals surface area contributed by atoms with Crippen molar-refractivity contribution >= 4 is 23.5 Å². The molecule has 2 aromatic carbocycles. The number of carbonyl (C=O) groups is 1. The van der Waals surface area contributed by atoms with Gasteiger partial charge in [-0.2, -0.15) is 11.8 Å². The van der Waals surface area contributed by atoms with Crippen LogP contribution in [0.2, 0.25) is 0 Å². The van der Waals surface area contributed by atoms with Gasteiger partial charge in [-0.1, -0.05) is 6.07 Å². The zero-order chi connectivity index (χ0) is 23.9. The number of hydrogen-bond acceptors (Lipinski definition) is 8. The average molecular weight is 481 g/mol. The largest absolute Gasteiger partial charge is 0.493 e. The minimum Gasteiger partial charge on any atom is -0.493 e. The van der Waals surface area contributed by atoms with Crippen LogP contribution in [-0.4, -0.2) is 54.7 Å². The zero-order valence-corrected chi connectivity index (χ0v) is 20.3. The lowest BCUT2D eigenvalue weighted by Gasteiger charge is -2.28. The number of amides is 1. The first-order valence-electron chi connectivity index (χ1n) is 11.0. The maximum atomic E-state index is 12.8. The highest BCUT2D eigenvalue weighted by molar-refractivity contribution is 7.99. The topological polar surface area (TPSA) is 85.8 Å². The van der Waals surface area contributed by atoms with E-state index in [0.717, 1.165) is 36.0 Å². The highest BCUT2D eigenvalue weighted by Gasteiger charge is 2.19. The number of thioether (sulfide) groups is 1. The summed E-state index contributed by atoms with van der Waals surface area (Å²) in [6, 6.07) is 12.4. The molecule has 0 saturated carbocycles. The van der Waals surface area contributed by atoms with Gasteiger partial charge in [-0.05, 0) is 48.9 Å². The Bertz CT molecular complexity index is 1120. The van der Waals surface area contributed by atoms with Gasteiger partial charge in [0.25, 0.3) is 11.8 Å². The summed E-state index contributed by atoms with van der Waals surface area (Å²) < 4.78 is 16.7. The fourth-order valence-electron chi connectivity index (χ4n) is 3.65. The van der Waals surface area contributed by atoms with Gasteiger partial charge in [0.05, 0.1) is 20.3 Å². The summed E-state index contributed by atoms with van der Waals surface area (Å²) in [5, 5.41) is 3.02. The maximum absolute atomic E-state index is 12.8. The van der Waals surface area contributed by atoms with Crippen LogP contribution in [0.4, 0.5) is 5.82 Å². The monoisotopic (exact) mass is 480 g/mol. The number of carbonyl (C=O) groups excluding carboxylic acids is 1. The Kier molecular flexibility index (Phi) is 7.74. The Morgan fingerprint density at radius 2 is 1.71 bits per heavy atom. The van der Waals surface area contributed by atoms with Crippen LogP contribution in [-0.2, 0) is 0 Å². The van der Waals surface area contributed by atoms with Crippen LogP contribution in [0.25, 0.3) is 0 Å². The van der Waals surface area contributed by atoms with E-state index in [9.17, 15) is 4.79 Å². The lowest BCUT2D eigenvalue weighted by molar-refractivity contribution is 0.0940. The number of aromatic nitrogens is 2. The van der Waals surface area contributed by atoms with Crippen molar-refractivity contribution in [2.24, 2.45) is 0 Å². The van der Waals surface area contributed by atoms with Crippen LogP contribution in [0.15, 0.2) is 54.9 Å². The molecule has 9 heteroatoms. The average Bonchev–Trinajstić information content (AvgIpc) is 2.89. The summed E-state index contributed by atoms with van der Waals surface area (Å²) in [5.74, 6) is 5.00. The van der Waals surface area contributed by atoms with Gasteiger partial charge in [-0.3, -0.25) is 4.79 Å². The summed E-state index contributed by atoms with van der Waals surface area (Å²) in [7, 11) is 3.18. The number of benzene rings is 2. The molecule has 178 valence electrons. The predicted octanol–water partition coefficient (Wildman–Crippen LogP) is 4.33. The van der Waals surface area contributed by atoms with E-state index in [1.54, 1.807) is 50.9 Å². The summed E-state index contributed by atoms with van der Waals surface area (Å²) in [6.07, 6.45) is 3.30. The van der Waals surface area contributed by atoms with Crippen molar-refractivity contribution in [2.75, 3.05) is 43.7 Å². The number of nitrogens with one attached hydrogen (secondary N) is 1. The lowest BCUT2D eigenvalue weighted by Crippen LogP contribution is -2.33. The molecule has 4 rings (SSSR count). The predicted molar refractivity (Wildman–Crippen MR) is 134 cm³/mol. The third-order valence-corrected chi connectivity index (χ3v) is 6.49. The van der Waals surface area contributed by atoms with Gasteiger partial charge in [0.1, 0.15) is 5.75 Å². The van der Waals surface area contributed by atoms with Gasteiger partial charge >= 0.3 is 0 Å². The molecule has 1 aliphatic heterocycles. The molecule has 34 heavy (non-hydrogen) atoms. The van der Waals surface area contributed by atoms with Gasteiger partial charge < -0.3 is 24.4 Å². The van der Waals surface area contributed by atoms with Crippen LogP contribution < -0.4 is 24.4 Å². The maximum Gasteiger partial charge on any atom is 0.263 e. The van der Waals surface area contributed by atoms with Crippen molar-refractivity contribution in [1.82, 2.24) is 15.3 Å². The third kappa shape index (κ3) is 5.53. The fraction of sp³-hybridized carbons (Fsp3) is 0.320. The molecular formula is C25H28N4O4S. The Hall–Kier alpha value is -3.46. The van der Waals surface area contributed by atoms with Crippen molar-refractivity contribution in [3.05, 3.63) is 66.0 Å². The van der Waals surface area contributed by atoms with Gasteiger partial charge in [-0.25, -0.2) is 9.97 Å². The van der Waals surface area contributed by atoms with E-state index in [4.69, 9.17) is 14.2 Å². The molecule has 0 aliphatic carbocycles. The van der Waals surface area contributed by atoms with Crippen molar-refractivity contribution in [3.63, 3.8) is 0 Å². The molecule has 8 nitrogen and oxygen atoms in total. The molecule has 0 unspecified atom stereocenters. The molecule has 1 fully saturated rings. The number of rotatable bonds is 8. The first-order valence-corrected chi connectivity index (χ1v) is 12.2. The van der Waals surface area contributed by atoms with Gasteiger partial charge in [0.2, 0.25) is 0 Å². The smallest absolute Gasteiger partial charge is 0.263 e. The van der Waals surface area contributed by atoms with Crippen molar-refractivity contribution in [2.45, 2.75) is 13.0 Å². The number of hydrogen-bond donors (Lipinski definition) is 1. The molecule has 1 N–H and O–H groups in total. The summed E-state index contributed by atoms with van der Waals surface area (Å²) in [4.78, 5) is 23.8. The molecule has 3 aromatic rings. The molecule has 0 radical (unpaired) electrons. The molecule has 1 saturated heterocycles. The van der Waals surface area contributed by atoms with E-state index < -0.39 is 0 Å². The second-order valence-corrected chi connectivity index (χ2v) is 8.95. The SMILES string of the molecule is COc1ccc([C@H](C)NC(=O)c2ccc(Oc3nccnc3N3CCSCC3)cc2)cc1OC. The highest BCUT2D eigenvalue weighted by atomic mass is 32.2. The number of ether oxygens (including phenoxy) is 3. The van der Waals surface area contributed by atoms with Crippen molar-refractivity contribution < 1.29 is 19.0 Å². The van der Waals surface area contributed by atoms with Crippen LogP contribution >= 0.6 is 11.8 Å². The minimum atomic E-state index is -0.215. The number of nitrogens with zero attached hydrogens (tertiary/aromatic N) is 3. The van der Waals surface area contributed by atoms with Gasteiger partial charge in [0.15, 0.2) is 17.3 Å². The molecule has 1 aromatic heterocycles. The summed E-state index contributed by atoms with van der Waals surface area (Å²) in [5.41, 5.74) is 1.45. The molecule has 0 spiro atoms. The second kappa shape index (κ2) is 11.1. The first-order chi connectivity index (χ1) is 16.6. The van der Waals surface area contributed by atoms with Crippen LogP contribution in [0, 0.1) is 0 Å². The molecule has 1 atom stereocenters. The minimum absolute atomic E-state index is 0.181. The molecule has 1 amide bonds. The molecule has 1 aliphatic rings. The van der Waals surface area contributed by atoms with E-state index in [1.165, 1.54) is 0 Å². The van der Waals surface area contributed by atoms with E-state index >= 15 is 0 Å². The Morgan fingerprint density at radius 3 is 2.41 bits per heavy atom. The summed E-state index contributed by atoms with van der Waals surface area (Å²) in [6.45, 7) is 3.75. The zero-order valence-electron chi connectivity index (χ0n) is 19.5. The Labute approximate surface area is 203 Å². The second-order valence-electron chi connectivity index (χ2n) is 7.72. The molecule has 0 bridgehead atoms. The Morgan fingerprint density at radius 1 is 1.00 bits per heavy atom. The number of methoxy groups -OCH3 is 2. The van der Waals surface area contributed by atoms with E-state index in [2.05, 4.69) is 20.2 Å². The first kappa shape index (κ1) is 23.7. The van der Waals surface area contributed by atoms with Crippen LogP contribution in [0.1, 0.15) is 28.9 Å². The van der Waals surface area contributed by atoms with E-state index in [-0.39, 0.29) is 11.9 Å². The Balaban J connectivity index is 1.41. The molecule has 2 heterocycles. The van der Waals surface area contributed by atoms with Crippen molar-refractivity contribution in [1.29, 1.82) is 0 Å². The van der Waals surface area contributed by atoms with Gasteiger partial charge in [0, 0.05) is 42.6 Å². The standard InChI is InChI=1S/C25H28N4O4S/c1-17(19-6-9-21(31-2)22(16-19)32-3)28-24(30)18-4-7-20(8-5-18)33-25-23(26-10-11-27-25)29-12-14-34-15-13-29/h4-11,16-17H,12-15H2,1-3H3,(H,28,30)/t17-/m0/s1. The highest BCUT2D eigenvalue weighted by Crippen LogP contribution is 2.31. The summed E-state index contributed by atoms with van der Waals surface area (Å²) >= 11 is 1.93. The van der Waals surface area contributed by atoms with E-state index in [1.807, 2.05) is 36.9 Å². The quantitative estimate of drug-likeness (QED) is 0.510. The van der Waals surface area contributed by atoms with Crippen molar-refractivity contribution in [3.8, 4) is 23.1 Å². The number of anilines is 1. The van der Waals surface area contributed by atoms with Crippen LogP contribution in [0.5, 0.6) is 23.1 Å². The van der Waals surface area contributed by atoms with E-state index in [0.29, 0.717) is 28.7 Å². The normalized spacial score (nSPS) is 14.3. The fourth-order valence-corrected chi connectivity index (χ4v) is 4.56. The lowest BCUT2D eigenvalue weighted by atomic mass is 10.1. The molecular weight excluding hydrogens is 452 g/mol. The van der Waals surface area contributed by atoms with Gasteiger partial charge in [-0.15, -0.1) is 0 Å².